The van der Waals surface area contributed by atoms with Crippen molar-refractivity contribution in [2.45, 2.75) is 58.8 Å². The molecule has 0 heterocycles. The predicted molar refractivity (Wildman–Crippen MR) is 94.5 cm³/mol. The van der Waals surface area contributed by atoms with Gasteiger partial charge in [0.2, 0.25) is 0 Å². The highest BCUT2D eigenvalue weighted by molar-refractivity contribution is 5.86. The molecule has 0 N–H and O–H groups in total. The first-order valence-electron chi connectivity index (χ1n) is 8.53. The maximum atomic E-state index is 12.6. The van der Waals surface area contributed by atoms with Crippen molar-refractivity contribution in [3.05, 3.63) is 41.9 Å². The van der Waals surface area contributed by atoms with Gasteiger partial charge >= 0.3 is 0 Å². The number of ketones is 2. The summed E-state index contributed by atoms with van der Waals surface area (Å²) in [5, 5.41) is 0. The number of allylic oxidation sites excluding steroid dienone is 6. The third-order valence-corrected chi connectivity index (χ3v) is 4.38. The van der Waals surface area contributed by atoms with Crippen molar-refractivity contribution in [1.29, 1.82) is 0 Å². The van der Waals surface area contributed by atoms with Crippen LogP contribution < -0.4 is 0 Å². The van der Waals surface area contributed by atoms with E-state index < -0.39 is 0 Å². The van der Waals surface area contributed by atoms with Gasteiger partial charge in [0.05, 0.1) is 0 Å². The van der Waals surface area contributed by atoms with Crippen molar-refractivity contribution in [2.75, 3.05) is 0 Å². The topological polar surface area (TPSA) is 34.1 Å². The van der Waals surface area contributed by atoms with Crippen molar-refractivity contribution in [2.24, 2.45) is 11.8 Å². The highest BCUT2D eigenvalue weighted by atomic mass is 16.1. The van der Waals surface area contributed by atoms with Gasteiger partial charge < -0.3 is 0 Å². The minimum absolute atomic E-state index is 0. The summed E-state index contributed by atoms with van der Waals surface area (Å²) in [5.41, 5.74) is 2.51. The van der Waals surface area contributed by atoms with Gasteiger partial charge in [0.25, 0.3) is 0 Å². The Morgan fingerprint density at radius 2 is 2.05 bits per heavy atom. The fraction of sp³-hybridized carbons (Fsp3) is 0.550. The van der Waals surface area contributed by atoms with E-state index in [-0.39, 0.29) is 8.77 Å². The second kappa shape index (κ2) is 8.26. The van der Waals surface area contributed by atoms with Gasteiger partial charge in [-0.3, -0.25) is 9.59 Å². The molecule has 0 aromatic carbocycles. The van der Waals surface area contributed by atoms with Crippen LogP contribution in [0, 0.1) is 18.3 Å². The average Bonchev–Trinajstić information content (AvgIpc) is 2.71. The Morgan fingerprint density at radius 3 is 2.82 bits per heavy atom. The Kier molecular flexibility index (Phi) is 6.35. The number of carbonyl (C=O) groups is 2. The van der Waals surface area contributed by atoms with Crippen LogP contribution in [0.5, 0.6) is 0 Å². The maximum Gasteiger partial charge on any atom is 0.140 e. The predicted octanol–water partition coefficient (Wildman–Crippen LogP) is 5.26. The summed E-state index contributed by atoms with van der Waals surface area (Å²) in [6.07, 6.45) is 15.9. The highest BCUT2D eigenvalue weighted by Crippen LogP contribution is 2.35. The molecule has 0 bridgehead atoms. The van der Waals surface area contributed by atoms with Crippen LogP contribution in [0.1, 0.15) is 61.6 Å². The molecule has 0 spiro atoms. The Hall–Kier alpha value is -1.44. The Balaban J connectivity index is 0.00000264. The van der Waals surface area contributed by atoms with Gasteiger partial charge in [-0.1, -0.05) is 38.2 Å². The summed E-state index contributed by atoms with van der Waals surface area (Å²) in [5.74, 6) is 1.05. The van der Waals surface area contributed by atoms with E-state index in [1.165, 1.54) is 11.1 Å². The summed E-state index contributed by atoms with van der Waals surface area (Å²) in [6.45, 7) is 4.12. The quantitative estimate of drug-likeness (QED) is 0.643. The Bertz CT molecular complexity index is 516. The van der Waals surface area contributed by atoms with Crippen LogP contribution in [-0.4, -0.2) is 11.6 Å². The lowest BCUT2D eigenvalue weighted by atomic mass is 9.78. The first-order chi connectivity index (χ1) is 10.6. The van der Waals surface area contributed by atoms with Crippen LogP contribution in [0.4, 0.5) is 0 Å². The van der Waals surface area contributed by atoms with Crippen molar-refractivity contribution < 1.29 is 12.4 Å². The molecule has 123 valence electrons. The lowest BCUT2D eigenvalue weighted by Gasteiger charge is -2.25. The van der Waals surface area contributed by atoms with Gasteiger partial charge in [-0.25, -0.2) is 0 Å². The van der Waals surface area contributed by atoms with Crippen molar-refractivity contribution in [1.82, 2.24) is 0 Å². The number of Topliss-reactive ketones (excluding diaryl/α,β-unsaturated/α-hetero) is 2. The monoisotopic (exact) mass is 303 g/mol. The van der Waals surface area contributed by atoms with Gasteiger partial charge in [-0.05, 0) is 42.7 Å². The molecule has 2 aliphatic carbocycles. The average molecular weight is 303 g/mol. The van der Waals surface area contributed by atoms with Gasteiger partial charge in [0, 0.05) is 34.5 Å². The van der Waals surface area contributed by atoms with E-state index in [0.29, 0.717) is 43.2 Å². The summed E-state index contributed by atoms with van der Waals surface area (Å²) in [4.78, 5) is 24.3. The zero-order valence-electron chi connectivity index (χ0n) is 13.8. The van der Waals surface area contributed by atoms with Crippen molar-refractivity contribution >= 4 is 11.6 Å². The van der Waals surface area contributed by atoms with Gasteiger partial charge in [0.15, 0.2) is 0 Å². The molecule has 1 atom stereocenters. The molecule has 22 heavy (non-hydrogen) atoms. The van der Waals surface area contributed by atoms with Crippen LogP contribution in [-0.2, 0) is 9.59 Å². The van der Waals surface area contributed by atoms with Crippen LogP contribution in [0.2, 0.25) is 0 Å². The highest BCUT2D eigenvalue weighted by Gasteiger charge is 2.27. The second-order valence-electron chi connectivity index (χ2n) is 6.79. The SMILES string of the molecule is CC(C)CC(=O)CCCC(=O)C1CCCC2=C1[CH]C=CC=C2.[HH].[HH]. The van der Waals surface area contributed by atoms with E-state index >= 15 is 0 Å². The molecule has 2 nitrogen and oxygen atoms in total. The number of rotatable bonds is 7. The largest absolute Gasteiger partial charge is 0.300 e. The molecule has 0 aromatic rings. The normalized spacial score (nSPS) is 21.0. The number of hydrogen-bond donors (Lipinski definition) is 0. The molecule has 0 amide bonds. The summed E-state index contributed by atoms with van der Waals surface area (Å²) < 4.78 is 0. The molecule has 2 aliphatic rings. The molecule has 1 unspecified atom stereocenters. The molecule has 2 heteroatoms. The molecule has 0 fully saturated rings. The van der Waals surface area contributed by atoms with Crippen LogP contribution in [0.3, 0.4) is 0 Å². The van der Waals surface area contributed by atoms with Crippen LogP contribution in [0.15, 0.2) is 35.5 Å². The standard InChI is InChI=1S/C20H27O2.2H2/c1-15(2)14-17(21)10-7-13-20(22)19-12-6-9-16-8-4-3-5-11-18(16)19;;/h3-5,8,11,15,19H,6-7,9-10,12-14H2,1-2H3;2*1H. The number of hydrogen-bond acceptors (Lipinski definition) is 2. The van der Waals surface area contributed by atoms with E-state index in [9.17, 15) is 9.59 Å². The summed E-state index contributed by atoms with van der Waals surface area (Å²) in [6, 6.07) is 0. The van der Waals surface area contributed by atoms with E-state index in [0.717, 1.165) is 19.3 Å². The molecule has 2 rings (SSSR count). The smallest absolute Gasteiger partial charge is 0.140 e. The maximum absolute atomic E-state index is 12.6. The number of carbonyl (C=O) groups excluding carboxylic acids is 2. The van der Waals surface area contributed by atoms with Crippen LogP contribution >= 0.6 is 0 Å². The third-order valence-electron chi connectivity index (χ3n) is 4.38. The van der Waals surface area contributed by atoms with E-state index in [1.54, 1.807) is 0 Å². The molecule has 0 aliphatic heterocycles. The first-order valence-corrected chi connectivity index (χ1v) is 8.53. The molecule has 0 saturated carbocycles. The van der Waals surface area contributed by atoms with Crippen molar-refractivity contribution in [3.8, 4) is 0 Å². The Morgan fingerprint density at radius 1 is 1.23 bits per heavy atom. The second-order valence-corrected chi connectivity index (χ2v) is 6.79. The van der Waals surface area contributed by atoms with Crippen molar-refractivity contribution in [3.63, 3.8) is 0 Å². The molecular formula is C20H31O2. The van der Waals surface area contributed by atoms with Gasteiger partial charge in [-0.2, -0.15) is 0 Å². The summed E-state index contributed by atoms with van der Waals surface area (Å²) in [7, 11) is 0. The molecule has 0 saturated heterocycles. The van der Waals surface area contributed by atoms with Gasteiger partial charge in [-0.15, -0.1) is 0 Å². The minimum atomic E-state index is 0. The first kappa shape index (κ1) is 16.9. The van der Waals surface area contributed by atoms with E-state index in [1.807, 2.05) is 12.2 Å². The van der Waals surface area contributed by atoms with Crippen LogP contribution in [0.25, 0.3) is 0 Å². The lowest BCUT2D eigenvalue weighted by Crippen LogP contribution is -2.21. The zero-order chi connectivity index (χ0) is 15.9. The fourth-order valence-electron chi connectivity index (χ4n) is 3.34. The lowest BCUT2D eigenvalue weighted by molar-refractivity contribution is -0.122. The van der Waals surface area contributed by atoms with Gasteiger partial charge in [0.1, 0.15) is 11.6 Å². The minimum Gasteiger partial charge on any atom is -0.300 e. The molecule has 0 aromatic heterocycles. The van der Waals surface area contributed by atoms with E-state index in [2.05, 4.69) is 32.4 Å². The summed E-state index contributed by atoms with van der Waals surface area (Å²) >= 11 is 0. The fourth-order valence-corrected chi connectivity index (χ4v) is 3.34. The zero-order valence-corrected chi connectivity index (χ0v) is 13.8. The third kappa shape index (κ3) is 4.79. The van der Waals surface area contributed by atoms with E-state index in [4.69, 9.17) is 0 Å². The molecule has 1 radical (unpaired) electrons. The molecular weight excluding hydrogens is 272 g/mol. The Labute approximate surface area is 137 Å².